The van der Waals surface area contributed by atoms with Crippen LogP contribution in [-0.4, -0.2) is 42.5 Å². The Morgan fingerprint density at radius 1 is 1.20 bits per heavy atom. The molecule has 6 heteroatoms. The van der Waals surface area contributed by atoms with Crippen LogP contribution in [0.3, 0.4) is 0 Å². The van der Waals surface area contributed by atoms with E-state index < -0.39 is 30.4 Å². The second kappa shape index (κ2) is 6.21. The number of hydrogen-bond donors (Lipinski definition) is 0. The first kappa shape index (κ1) is 16.7. The van der Waals surface area contributed by atoms with Crippen molar-refractivity contribution in [1.82, 2.24) is 0 Å². The van der Waals surface area contributed by atoms with Crippen LogP contribution in [0.4, 0.5) is 0 Å². The van der Waals surface area contributed by atoms with Crippen molar-refractivity contribution in [2.45, 2.75) is 63.4 Å². The summed E-state index contributed by atoms with van der Waals surface area (Å²) in [6.45, 7) is 7.84. The van der Waals surface area contributed by atoms with Crippen molar-refractivity contribution in [3.63, 3.8) is 0 Å². The molecular weight excluding hydrogens is 324 g/mol. The fourth-order valence-corrected chi connectivity index (χ4v) is 3.53. The van der Waals surface area contributed by atoms with Gasteiger partial charge in [-0.1, -0.05) is 36.9 Å². The first-order chi connectivity index (χ1) is 11.9. The van der Waals surface area contributed by atoms with Crippen molar-refractivity contribution in [3.05, 3.63) is 48.0 Å². The highest BCUT2D eigenvalue weighted by Gasteiger charge is 2.58. The summed E-state index contributed by atoms with van der Waals surface area (Å²) in [5, 5.41) is 0. The lowest BCUT2D eigenvalue weighted by molar-refractivity contribution is -0.230. The van der Waals surface area contributed by atoms with Gasteiger partial charge in [-0.2, -0.15) is 0 Å². The van der Waals surface area contributed by atoms with E-state index in [1.54, 1.807) is 0 Å². The van der Waals surface area contributed by atoms with Crippen LogP contribution in [0.25, 0.3) is 0 Å². The van der Waals surface area contributed by atoms with Gasteiger partial charge in [-0.25, -0.2) is 4.79 Å². The maximum Gasteiger partial charge on any atom is 0.333 e. The lowest BCUT2D eigenvalue weighted by Crippen LogP contribution is -2.42. The van der Waals surface area contributed by atoms with Gasteiger partial charge in [0.2, 0.25) is 0 Å². The van der Waals surface area contributed by atoms with E-state index in [9.17, 15) is 4.79 Å². The van der Waals surface area contributed by atoms with Gasteiger partial charge in [0.1, 0.15) is 24.4 Å². The van der Waals surface area contributed by atoms with Crippen molar-refractivity contribution < 1.29 is 28.5 Å². The number of hydrogen-bond acceptors (Lipinski definition) is 6. The standard InChI is InChI=1S/C19H22O6/c1-11-9-13(22-17(11)20)14-15(21-10-12-7-5-4-6-8-12)16-18(23-14)25-19(2,3)24-16/h4-8,13-16,18H,1,9-10H2,2-3H3/t13-,14+,15-,16+,18+/m0/s1. The fraction of sp³-hybridized carbons (Fsp3) is 0.526. The number of esters is 1. The Kier molecular flexibility index (Phi) is 4.16. The monoisotopic (exact) mass is 346 g/mol. The molecule has 0 unspecified atom stereocenters. The van der Waals surface area contributed by atoms with Crippen LogP contribution in [0.15, 0.2) is 42.5 Å². The van der Waals surface area contributed by atoms with Gasteiger partial charge in [-0.3, -0.25) is 0 Å². The van der Waals surface area contributed by atoms with Gasteiger partial charge in [-0.05, 0) is 19.4 Å². The molecule has 0 N–H and O–H groups in total. The van der Waals surface area contributed by atoms with Gasteiger partial charge in [0, 0.05) is 12.0 Å². The van der Waals surface area contributed by atoms with Gasteiger partial charge < -0.3 is 23.7 Å². The third-order valence-electron chi connectivity index (χ3n) is 4.67. The van der Waals surface area contributed by atoms with Crippen LogP contribution in [0.1, 0.15) is 25.8 Å². The molecule has 3 fully saturated rings. The van der Waals surface area contributed by atoms with E-state index in [-0.39, 0.29) is 12.1 Å². The maximum absolute atomic E-state index is 11.7. The average Bonchev–Trinajstić information content (AvgIpc) is 3.16. The Labute approximate surface area is 146 Å². The molecule has 134 valence electrons. The van der Waals surface area contributed by atoms with Crippen LogP contribution in [-0.2, 0) is 35.1 Å². The molecule has 4 rings (SSSR count). The maximum atomic E-state index is 11.7. The zero-order chi connectivity index (χ0) is 17.6. The molecule has 0 aromatic heterocycles. The highest BCUT2D eigenvalue weighted by atomic mass is 16.8. The molecule has 0 spiro atoms. The Bertz CT molecular complexity index is 654. The molecule has 0 amide bonds. The van der Waals surface area contributed by atoms with Gasteiger partial charge in [0.25, 0.3) is 0 Å². The number of ether oxygens (including phenoxy) is 5. The third-order valence-corrected chi connectivity index (χ3v) is 4.67. The molecule has 3 heterocycles. The predicted octanol–water partition coefficient (Wildman–Crippen LogP) is 2.32. The van der Waals surface area contributed by atoms with Gasteiger partial charge >= 0.3 is 5.97 Å². The van der Waals surface area contributed by atoms with E-state index in [1.165, 1.54) is 0 Å². The summed E-state index contributed by atoms with van der Waals surface area (Å²) >= 11 is 0. The Morgan fingerprint density at radius 3 is 2.64 bits per heavy atom. The van der Waals surface area contributed by atoms with Crippen molar-refractivity contribution in [3.8, 4) is 0 Å². The SMILES string of the molecule is C=C1C[C@@H]([C@H]2O[C@@H]3OC(C)(C)O[C@@H]3[C@H]2OCc2ccccc2)OC1=O. The zero-order valence-electron chi connectivity index (χ0n) is 14.3. The lowest BCUT2D eigenvalue weighted by atomic mass is 10.0. The van der Waals surface area contributed by atoms with Crippen molar-refractivity contribution >= 4 is 5.97 Å². The van der Waals surface area contributed by atoms with Crippen LogP contribution < -0.4 is 0 Å². The van der Waals surface area contributed by atoms with Crippen molar-refractivity contribution in [2.75, 3.05) is 0 Å². The summed E-state index contributed by atoms with van der Waals surface area (Å²) in [5.74, 6) is -1.11. The van der Waals surface area contributed by atoms with E-state index in [2.05, 4.69) is 6.58 Å². The number of carbonyl (C=O) groups is 1. The summed E-state index contributed by atoms with van der Waals surface area (Å²) in [7, 11) is 0. The second-order valence-electron chi connectivity index (χ2n) is 7.08. The lowest BCUT2D eigenvalue weighted by Gasteiger charge is -2.28. The molecule has 3 saturated heterocycles. The molecule has 3 aliphatic rings. The minimum Gasteiger partial charge on any atom is -0.456 e. The molecule has 0 radical (unpaired) electrons. The molecule has 6 nitrogen and oxygen atoms in total. The summed E-state index contributed by atoms with van der Waals surface area (Å²) in [5.41, 5.74) is 1.50. The van der Waals surface area contributed by atoms with E-state index >= 15 is 0 Å². The predicted molar refractivity (Wildman–Crippen MR) is 87.4 cm³/mol. The number of cyclic esters (lactones) is 1. The van der Waals surface area contributed by atoms with Crippen LogP contribution in [0, 0.1) is 0 Å². The summed E-state index contributed by atoms with van der Waals surface area (Å²) in [6, 6.07) is 9.88. The van der Waals surface area contributed by atoms with Crippen molar-refractivity contribution in [2.24, 2.45) is 0 Å². The molecule has 5 atom stereocenters. The minimum absolute atomic E-state index is 0.365. The van der Waals surface area contributed by atoms with Crippen molar-refractivity contribution in [1.29, 1.82) is 0 Å². The Hall–Kier alpha value is -1.73. The van der Waals surface area contributed by atoms with E-state index in [0.29, 0.717) is 18.6 Å². The summed E-state index contributed by atoms with van der Waals surface area (Å²) < 4.78 is 29.3. The molecule has 0 aliphatic carbocycles. The molecule has 3 aliphatic heterocycles. The average molecular weight is 346 g/mol. The van der Waals surface area contributed by atoms with Crippen LogP contribution in [0.5, 0.6) is 0 Å². The highest BCUT2D eigenvalue weighted by Crippen LogP contribution is 2.42. The summed E-state index contributed by atoms with van der Waals surface area (Å²) in [4.78, 5) is 11.7. The van der Waals surface area contributed by atoms with Gasteiger partial charge in [0.05, 0.1) is 6.61 Å². The third kappa shape index (κ3) is 3.22. The first-order valence-corrected chi connectivity index (χ1v) is 8.48. The van der Waals surface area contributed by atoms with Gasteiger partial charge in [0.15, 0.2) is 12.1 Å². The summed E-state index contributed by atoms with van der Waals surface area (Å²) in [6.07, 6.45) is -1.74. The minimum atomic E-state index is -0.732. The topological polar surface area (TPSA) is 63.2 Å². The molecule has 0 saturated carbocycles. The molecule has 0 bridgehead atoms. The second-order valence-corrected chi connectivity index (χ2v) is 7.08. The number of carbonyl (C=O) groups excluding carboxylic acids is 1. The molecule has 25 heavy (non-hydrogen) atoms. The van der Waals surface area contributed by atoms with E-state index in [0.717, 1.165) is 5.56 Å². The number of benzene rings is 1. The van der Waals surface area contributed by atoms with Crippen LogP contribution >= 0.6 is 0 Å². The Balaban J connectivity index is 1.51. The normalized spacial score (nSPS) is 36.5. The molecule has 1 aromatic carbocycles. The fourth-order valence-electron chi connectivity index (χ4n) is 3.53. The van der Waals surface area contributed by atoms with Crippen LogP contribution in [0.2, 0.25) is 0 Å². The first-order valence-electron chi connectivity index (χ1n) is 8.48. The number of rotatable bonds is 4. The van der Waals surface area contributed by atoms with Gasteiger partial charge in [-0.15, -0.1) is 0 Å². The zero-order valence-corrected chi connectivity index (χ0v) is 14.3. The number of fused-ring (bicyclic) bond motifs is 1. The smallest absolute Gasteiger partial charge is 0.333 e. The molecule has 1 aromatic rings. The largest absolute Gasteiger partial charge is 0.456 e. The van der Waals surface area contributed by atoms with E-state index in [4.69, 9.17) is 23.7 Å². The quantitative estimate of drug-likeness (QED) is 0.616. The van der Waals surface area contributed by atoms with E-state index in [1.807, 2.05) is 44.2 Å². The highest BCUT2D eigenvalue weighted by molar-refractivity contribution is 5.90. The Morgan fingerprint density at radius 2 is 1.96 bits per heavy atom. The molecular formula is C19H22O6.